The van der Waals surface area contributed by atoms with Crippen LogP contribution >= 0.6 is 0 Å². The fourth-order valence-electron chi connectivity index (χ4n) is 1.38. The van der Waals surface area contributed by atoms with E-state index in [1.54, 1.807) is 24.3 Å². The number of halogens is 1. The molecular formula is C12H9FN2O3. The number of nitrogens with zero attached hydrogens (tertiary/aromatic N) is 1. The molecule has 0 unspecified atom stereocenters. The van der Waals surface area contributed by atoms with Crippen LogP contribution in [0.3, 0.4) is 0 Å². The summed E-state index contributed by atoms with van der Waals surface area (Å²) >= 11 is 0. The van der Waals surface area contributed by atoms with Gasteiger partial charge in [-0.25, -0.2) is 4.39 Å². The van der Waals surface area contributed by atoms with Crippen molar-refractivity contribution in [1.82, 2.24) is 0 Å². The summed E-state index contributed by atoms with van der Waals surface area (Å²) in [5, 5.41) is 10.6. The number of nitro benzene ring substituents is 1. The van der Waals surface area contributed by atoms with Crippen molar-refractivity contribution in [2.75, 3.05) is 5.73 Å². The van der Waals surface area contributed by atoms with E-state index in [0.717, 1.165) is 18.2 Å². The van der Waals surface area contributed by atoms with Gasteiger partial charge in [-0.3, -0.25) is 10.1 Å². The van der Waals surface area contributed by atoms with Crippen LogP contribution in [0.2, 0.25) is 0 Å². The fraction of sp³-hybridized carbons (Fsp3) is 0. The van der Waals surface area contributed by atoms with Gasteiger partial charge in [0.15, 0.2) is 0 Å². The Kier molecular flexibility index (Phi) is 3.09. The Hall–Kier alpha value is -2.63. The Bertz CT molecular complexity index is 584. The fourth-order valence-corrected chi connectivity index (χ4v) is 1.38. The molecule has 0 aromatic heterocycles. The van der Waals surface area contributed by atoms with Gasteiger partial charge >= 0.3 is 0 Å². The lowest BCUT2D eigenvalue weighted by Gasteiger charge is -2.05. The molecule has 2 N–H and O–H groups in total. The SMILES string of the molecule is Nc1ccc(Oc2cc(F)cc([N+](=O)[O-])c2)cc1. The maximum atomic E-state index is 13.2. The lowest BCUT2D eigenvalue weighted by atomic mass is 10.3. The summed E-state index contributed by atoms with van der Waals surface area (Å²) in [6, 6.07) is 9.46. The first-order chi connectivity index (χ1) is 8.54. The van der Waals surface area contributed by atoms with Crippen molar-refractivity contribution in [1.29, 1.82) is 0 Å². The smallest absolute Gasteiger partial charge is 0.276 e. The predicted octanol–water partition coefficient (Wildman–Crippen LogP) is 3.11. The lowest BCUT2D eigenvalue weighted by molar-refractivity contribution is -0.385. The minimum Gasteiger partial charge on any atom is -0.457 e. The molecule has 0 fully saturated rings. The monoisotopic (exact) mass is 248 g/mol. The molecule has 0 bridgehead atoms. The Balaban J connectivity index is 2.28. The summed E-state index contributed by atoms with van der Waals surface area (Å²) < 4.78 is 18.5. The number of anilines is 1. The van der Waals surface area contributed by atoms with Gasteiger partial charge in [0.25, 0.3) is 5.69 Å². The molecule has 0 aliphatic heterocycles. The molecule has 0 amide bonds. The molecule has 92 valence electrons. The molecule has 0 radical (unpaired) electrons. The van der Waals surface area contributed by atoms with Crippen LogP contribution in [0.5, 0.6) is 11.5 Å². The third-order valence-corrected chi connectivity index (χ3v) is 2.18. The number of benzene rings is 2. The third-order valence-electron chi connectivity index (χ3n) is 2.18. The van der Waals surface area contributed by atoms with Crippen molar-refractivity contribution in [3.8, 4) is 11.5 Å². The topological polar surface area (TPSA) is 78.4 Å². The summed E-state index contributed by atoms with van der Waals surface area (Å²) in [7, 11) is 0. The third kappa shape index (κ3) is 2.73. The molecule has 6 heteroatoms. The minimum absolute atomic E-state index is 0.0615. The van der Waals surface area contributed by atoms with Crippen molar-refractivity contribution in [2.45, 2.75) is 0 Å². The van der Waals surface area contributed by atoms with Gasteiger partial charge < -0.3 is 10.5 Å². The Labute approximate surface area is 102 Å². The van der Waals surface area contributed by atoms with Gasteiger partial charge in [0, 0.05) is 11.8 Å². The standard InChI is InChI=1S/C12H9FN2O3/c13-8-5-10(15(16)17)7-12(6-8)18-11-3-1-9(14)2-4-11/h1-7H,14H2. The van der Waals surface area contributed by atoms with E-state index in [0.29, 0.717) is 11.4 Å². The van der Waals surface area contributed by atoms with Gasteiger partial charge in [-0.2, -0.15) is 0 Å². The quantitative estimate of drug-likeness (QED) is 0.514. The van der Waals surface area contributed by atoms with Crippen LogP contribution < -0.4 is 10.5 Å². The average molecular weight is 248 g/mol. The molecule has 2 rings (SSSR count). The van der Waals surface area contributed by atoms with Crippen molar-refractivity contribution >= 4 is 11.4 Å². The Morgan fingerprint density at radius 1 is 1.11 bits per heavy atom. The van der Waals surface area contributed by atoms with Gasteiger partial charge in [-0.15, -0.1) is 0 Å². The normalized spacial score (nSPS) is 10.1. The molecule has 18 heavy (non-hydrogen) atoms. The molecular weight excluding hydrogens is 239 g/mol. The van der Waals surface area contributed by atoms with Crippen LogP contribution in [0.1, 0.15) is 0 Å². The number of ether oxygens (including phenoxy) is 1. The highest BCUT2D eigenvalue weighted by atomic mass is 19.1. The number of rotatable bonds is 3. The van der Waals surface area contributed by atoms with Gasteiger partial charge in [0.2, 0.25) is 0 Å². The summed E-state index contributed by atoms with van der Waals surface area (Å²) in [5.41, 5.74) is 5.71. The molecule has 5 nitrogen and oxygen atoms in total. The average Bonchev–Trinajstić information content (AvgIpc) is 2.31. The molecule has 0 saturated heterocycles. The highest BCUT2D eigenvalue weighted by Crippen LogP contribution is 2.27. The van der Waals surface area contributed by atoms with Gasteiger partial charge in [0.05, 0.1) is 17.1 Å². The van der Waals surface area contributed by atoms with E-state index in [4.69, 9.17) is 10.5 Å². The Morgan fingerprint density at radius 2 is 1.78 bits per heavy atom. The number of hydrogen-bond donors (Lipinski definition) is 1. The zero-order chi connectivity index (χ0) is 13.1. The zero-order valence-electron chi connectivity index (χ0n) is 9.17. The van der Waals surface area contributed by atoms with Crippen LogP contribution in [0.15, 0.2) is 42.5 Å². The number of hydrogen-bond acceptors (Lipinski definition) is 4. The molecule has 0 atom stereocenters. The highest BCUT2D eigenvalue weighted by Gasteiger charge is 2.11. The number of non-ortho nitro benzene ring substituents is 1. The second-order valence-electron chi connectivity index (χ2n) is 3.57. The van der Waals surface area contributed by atoms with E-state index in [9.17, 15) is 14.5 Å². The number of nitro groups is 1. The first kappa shape index (κ1) is 11.8. The van der Waals surface area contributed by atoms with E-state index in [2.05, 4.69) is 0 Å². The highest BCUT2D eigenvalue weighted by molar-refractivity contribution is 5.45. The van der Waals surface area contributed by atoms with Crippen molar-refractivity contribution < 1.29 is 14.1 Å². The van der Waals surface area contributed by atoms with Crippen LogP contribution in [-0.2, 0) is 0 Å². The second-order valence-corrected chi connectivity index (χ2v) is 3.57. The van der Waals surface area contributed by atoms with Crippen molar-refractivity contribution in [2.24, 2.45) is 0 Å². The van der Waals surface area contributed by atoms with E-state index < -0.39 is 10.7 Å². The summed E-state index contributed by atoms with van der Waals surface area (Å²) in [4.78, 5) is 9.89. The van der Waals surface area contributed by atoms with E-state index in [-0.39, 0.29) is 11.4 Å². The van der Waals surface area contributed by atoms with Crippen molar-refractivity contribution in [3.05, 3.63) is 58.4 Å². The second kappa shape index (κ2) is 4.70. The largest absolute Gasteiger partial charge is 0.457 e. The molecule has 2 aromatic rings. The Morgan fingerprint density at radius 3 is 2.39 bits per heavy atom. The number of nitrogen functional groups attached to an aromatic ring is 1. The van der Waals surface area contributed by atoms with E-state index >= 15 is 0 Å². The van der Waals surface area contributed by atoms with Gasteiger partial charge in [-0.05, 0) is 24.3 Å². The van der Waals surface area contributed by atoms with Crippen molar-refractivity contribution in [3.63, 3.8) is 0 Å². The molecule has 0 aliphatic carbocycles. The first-order valence-electron chi connectivity index (χ1n) is 5.03. The first-order valence-corrected chi connectivity index (χ1v) is 5.03. The molecule has 2 aromatic carbocycles. The molecule has 0 aliphatic rings. The van der Waals surface area contributed by atoms with Crippen LogP contribution in [0.25, 0.3) is 0 Å². The lowest BCUT2D eigenvalue weighted by Crippen LogP contribution is -1.92. The molecule has 0 heterocycles. The zero-order valence-corrected chi connectivity index (χ0v) is 9.17. The maximum absolute atomic E-state index is 13.2. The van der Waals surface area contributed by atoms with Gasteiger partial charge in [-0.1, -0.05) is 0 Å². The van der Waals surface area contributed by atoms with E-state index in [1.807, 2.05) is 0 Å². The van der Waals surface area contributed by atoms with Crippen LogP contribution in [0, 0.1) is 15.9 Å². The summed E-state index contributed by atoms with van der Waals surface area (Å²) in [6.07, 6.45) is 0. The molecule has 0 saturated carbocycles. The minimum atomic E-state index is -0.727. The summed E-state index contributed by atoms with van der Waals surface area (Å²) in [6.45, 7) is 0. The predicted molar refractivity (Wildman–Crippen MR) is 64.0 cm³/mol. The maximum Gasteiger partial charge on any atom is 0.276 e. The van der Waals surface area contributed by atoms with Crippen LogP contribution in [-0.4, -0.2) is 4.92 Å². The van der Waals surface area contributed by atoms with Gasteiger partial charge in [0.1, 0.15) is 17.3 Å². The van der Waals surface area contributed by atoms with Crippen LogP contribution in [0.4, 0.5) is 15.8 Å². The number of nitrogens with two attached hydrogens (primary N) is 1. The summed E-state index contributed by atoms with van der Waals surface area (Å²) in [5.74, 6) is -0.245. The molecule has 0 spiro atoms. The van der Waals surface area contributed by atoms with E-state index in [1.165, 1.54) is 0 Å².